The van der Waals surface area contributed by atoms with E-state index in [0.29, 0.717) is 0 Å². The highest BCUT2D eigenvalue weighted by molar-refractivity contribution is 5.96. The number of ketones is 1. The molecule has 0 saturated carbocycles. The third-order valence-corrected chi connectivity index (χ3v) is 3.53. The summed E-state index contributed by atoms with van der Waals surface area (Å²) in [7, 11) is 0. The molecule has 2 rings (SSSR count). The molecule has 0 bridgehead atoms. The van der Waals surface area contributed by atoms with Gasteiger partial charge in [0.2, 0.25) is 0 Å². The maximum Gasteiger partial charge on any atom is 0.420 e. The van der Waals surface area contributed by atoms with Gasteiger partial charge in [-0.25, -0.2) is 0 Å². The fourth-order valence-electron chi connectivity index (χ4n) is 2.49. The number of Topliss-reactive ketones (excluding diaryl/α,β-unsaturated/α-hetero) is 1. The first-order valence-electron chi connectivity index (χ1n) is 7.25. The largest absolute Gasteiger partial charge is 0.488 e. The molecule has 2 nitrogen and oxygen atoms in total. The molecule has 122 valence electrons. The van der Waals surface area contributed by atoms with Gasteiger partial charge in [-0.2, -0.15) is 13.2 Å². The zero-order valence-corrected chi connectivity index (χ0v) is 12.9. The van der Waals surface area contributed by atoms with E-state index in [9.17, 15) is 18.0 Å². The minimum absolute atomic E-state index is 0.0180. The average molecular weight is 322 g/mol. The Morgan fingerprint density at radius 2 is 1.74 bits per heavy atom. The van der Waals surface area contributed by atoms with Crippen LogP contribution in [0, 0.1) is 0 Å². The lowest BCUT2D eigenvalue weighted by Crippen LogP contribution is -2.15. The third-order valence-electron chi connectivity index (χ3n) is 3.53. The van der Waals surface area contributed by atoms with Crippen LogP contribution in [0.5, 0.6) is 5.75 Å². The predicted molar refractivity (Wildman–Crippen MR) is 81.6 cm³/mol. The van der Waals surface area contributed by atoms with Gasteiger partial charge in [0.25, 0.3) is 0 Å². The van der Waals surface area contributed by atoms with E-state index in [1.807, 2.05) is 6.07 Å². The Morgan fingerprint density at radius 1 is 1.09 bits per heavy atom. The van der Waals surface area contributed by atoms with Gasteiger partial charge in [-0.1, -0.05) is 37.3 Å². The van der Waals surface area contributed by atoms with E-state index in [0.717, 1.165) is 5.56 Å². The molecule has 0 fully saturated rings. The Kier molecular flexibility index (Phi) is 5.08. The number of ether oxygens (including phenoxy) is 1. The van der Waals surface area contributed by atoms with Gasteiger partial charge in [0.05, 0.1) is 0 Å². The monoisotopic (exact) mass is 322 g/mol. The lowest BCUT2D eigenvalue weighted by atomic mass is 9.95. The number of rotatable bonds is 5. The summed E-state index contributed by atoms with van der Waals surface area (Å²) in [5, 5.41) is 0. The fourth-order valence-corrected chi connectivity index (χ4v) is 2.49. The van der Waals surface area contributed by atoms with Crippen LogP contribution in [0.3, 0.4) is 0 Å². The maximum absolute atomic E-state index is 13.5. The summed E-state index contributed by atoms with van der Waals surface area (Å²) < 4.78 is 45.8. The summed E-state index contributed by atoms with van der Waals surface area (Å²) >= 11 is 0. The molecule has 0 radical (unpaired) electrons. The number of halogens is 3. The minimum atomic E-state index is -4.58. The Balaban J connectivity index is 2.44. The SMILES string of the molecule is CCc1c(C(C)=O)ccc(OCc2ccccc2)c1C(F)(F)F. The quantitative estimate of drug-likeness (QED) is 0.720. The van der Waals surface area contributed by atoms with Gasteiger partial charge in [-0.15, -0.1) is 0 Å². The van der Waals surface area contributed by atoms with Gasteiger partial charge in [0, 0.05) is 5.56 Å². The van der Waals surface area contributed by atoms with Crippen molar-refractivity contribution in [3.8, 4) is 5.75 Å². The Labute approximate surface area is 132 Å². The summed E-state index contributed by atoms with van der Waals surface area (Å²) in [4.78, 5) is 11.6. The summed E-state index contributed by atoms with van der Waals surface area (Å²) in [6.07, 6.45) is -4.48. The Hall–Kier alpha value is -2.30. The molecule has 0 aliphatic heterocycles. The molecule has 2 aromatic rings. The molecule has 5 heteroatoms. The van der Waals surface area contributed by atoms with Crippen molar-refractivity contribution in [3.63, 3.8) is 0 Å². The number of hydrogen-bond acceptors (Lipinski definition) is 2. The maximum atomic E-state index is 13.5. The molecular formula is C18H17F3O2. The molecule has 0 atom stereocenters. The van der Waals surface area contributed by atoms with Crippen LogP contribution in [0.25, 0.3) is 0 Å². The van der Waals surface area contributed by atoms with Crippen molar-refractivity contribution in [2.24, 2.45) is 0 Å². The summed E-state index contributed by atoms with van der Waals surface area (Å²) in [5.41, 5.74) is -0.0135. The van der Waals surface area contributed by atoms with E-state index in [2.05, 4.69) is 0 Å². The average Bonchev–Trinajstić information content (AvgIpc) is 2.51. The molecule has 23 heavy (non-hydrogen) atoms. The van der Waals surface area contributed by atoms with Crippen LogP contribution in [0.4, 0.5) is 13.2 Å². The van der Waals surface area contributed by atoms with Crippen LogP contribution in [0.2, 0.25) is 0 Å². The third kappa shape index (κ3) is 3.92. The van der Waals surface area contributed by atoms with Crippen molar-refractivity contribution in [2.75, 3.05) is 0 Å². The van der Waals surface area contributed by atoms with Gasteiger partial charge in [0.1, 0.15) is 17.9 Å². The first-order valence-corrected chi connectivity index (χ1v) is 7.25. The zero-order chi connectivity index (χ0) is 17.0. The molecule has 0 unspecified atom stereocenters. The highest BCUT2D eigenvalue weighted by Crippen LogP contribution is 2.40. The van der Waals surface area contributed by atoms with Crippen molar-refractivity contribution >= 4 is 5.78 Å². The van der Waals surface area contributed by atoms with Crippen LogP contribution in [-0.4, -0.2) is 5.78 Å². The van der Waals surface area contributed by atoms with E-state index >= 15 is 0 Å². The lowest BCUT2D eigenvalue weighted by molar-refractivity contribution is -0.139. The van der Waals surface area contributed by atoms with Crippen molar-refractivity contribution in [2.45, 2.75) is 33.1 Å². The first-order chi connectivity index (χ1) is 10.8. The molecule has 0 saturated heterocycles. The lowest BCUT2D eigenvalue weighted by Gasteiger charge is -2.19. The van der Waals surface area contributed by atoms with Gasteiger partial charge in [-0.05, 0) is 36.6 Å². The predicted octanol–water partition coefficient (Wildman–Crippen LogP) is 5.05. The van der Waals surface area contributed by atoms with Crippen molar-refractivity contribution in [1.82, 2.24) is 0 Å². The Morgan fingerprint density at radius 3 is 2.26 bits per heavy atom. The molecule has 0 heterocycles. The van der Waals surface area contributed by atoms with E-state index in [1.165, 1.54) is 19.1 Å². The van der Waals surface area contributed by atoms with Gasteiger partial charge in [-0.3, -0.25) is 4.79 Å². The summed E-state index contributed by atoms with van der Waals surface area (Å²) in [6.45, 7) is 2.89. The number of benzene rings is 2. The number of carbonyl (C=O) groups is 1. The topological polar surface area (TPSA) is 26.3 Å². The zero-order valence-electron chi connectivity index (χ0n) is 12.9. The first kappa shape index (κ1) is 17.1. The summed E-state index contributed by atoms with van der Waals surface area (Å²) in [5.74, 6) is -0.634. The van der Waals surface area contributed by atoms with Gasteiger partial charge in [0.15, 0.2) is 5.78 Å². The van der Waals surface area contributed by atoms with E-state index < -0.39 is 11.7 Å². The molecule has 0 amide bonds. The van der Waals surface area contributed by atoms with E-state index in [-0.39, 0.29) is 35.7 Å². The number of carbonyl (C=O) groups excluding carboxylic acids is 1. The molecule has 0 aromatic heterocycles. The second-order valence-corrected chi connectivity index (χ2v) is 5.15. The van der Waals surface area contributed by atoms with Crippen molar-refractivity contribution < 1.29 is 22.7 Å². The smallest absolute Gasteiger partial charge is 0.420 e. The molecule has 0 aliphatic rings. The second kappa shape index (κ2) is 6.86. The van der Waals surface area contributed by atoms with Crippen LogP contribution in [0.1, 0.15) is 40.9 Å². The molecular weight excluding hydrogens is 305 g/mol. The van der Waals surface area contributed by atoms with Crippen molar-refractivity contribution in [3.05, 3.63) is 64.7 Å². The van der Waals surface area contributed by atoms with Gasteiger partial charge < -0.3 is 4.74 Å². The van der Waals surface area contributed by atoms with Gasteiger partial charge >= 0.3 is 6.18 Å². The van der Waals surface area contributed by atoms with Crippen LogP contribution in [0.15, 0.2) is 42.5 Å². The number of hydrogen-bond donors (Lipinski definition) is 0. The second-order valence-electron chi connectivity index (χ2n) is 5.15. The van der Waals surface area contributed by atoms with Crippen LogP contribution < -0.4 is 4.74 Å². The van der Waals surface area contributed by atoms with E-state index in [4.69, 9.17) is 4.74 Å². The van der Waals surface area contributed by atoms with E-state index in [1.54, 1.807) is 31.2 Å². The normalized spacial score (nSPS) is 11.3. The highest BCUT2D eigenvalue weighted by atomic mass is 19.4. The van der Waals surface area contributed by atoms with Crippen molar-refractivity contribution in [1.29, 1.82) is 0 Å². The molecule has 0 spiro atoms. The molecule has 2 aromatic carbocycles. The fraction of sp³-hybridized carbons (Fsp3) is 0.278. The minimum Gasteiger partial charge on any atom is -0.488 e. The standard InChI is InChI=1S/C18H17F3O2/c1-3-14-15(12(2)22)9-10-16(17(14)18(19,20)21)23-11-13-7-5-4-6-8-13/h4-10H,3,11H2,1-2H3. The molecule has 0 N–H and O–H groups in total. The molecule has 0 aliphatic carbocycles. The number of alkyl halides is 3. The summed E-state index contributed by atoms with van der Waals surface area (Å²) in [6, 6.07) is 11.6. The highest BCUT2D eigenvalue weighted by Gasteiger charge is 2.38. The Bertz CT molecular complexity index is 691. The van der Waals surface area contributed by atoms with Crippen LogP contribution >= 0.6 is 0 Å². The van der Waals surface area contributed by atoms with Crippen LogP contribution in [-0.2, 0) is 19.2 Å².